The van der Waals surface area contributed by atoms with Crippen molar-refractivity contribution < 1.29 is 15.0 Å². The Morgan fingerprint density at radius 1 is 1.16 bits per heavy atom. The highest BCUT2D eigenvalue weighted by Gasteiger charge is 2.30. The topological polar surface area (TPSA) is 72.8 Å². The van der Waals surface area contributed by atoms with E-state index in [1.165, 1.54) is 11.1 Å². The summed E-state index contributed by atoms with van der Waals surface area (Å²) in [5.41, 5.74) is 3.44. The number of amides is 2. The number of nitrogens with one attached hydrogen (secondary N) is 1. The first-order chi connectivity index (χ1) is 12.2. The molecule has 2 aromatic rings. The van der Waals surface area contributed by atoms with Crippen LogP contribution in [0.5, 0.6) is 5.75 Å². The summed E-state index contributed by atoms with van der Waals surface area (Å²) < 4.78 is 0. The monoisotopic (exact) mass is 340 g/mol. The van der Waals surface area contributed by atoms with Crippen molar-refractivity contribution in [2.45, 2.75) is 31.8 Å². The molecule has 0 spiro atoms. The molecular formula is C20H24N2O3. The van der Waals surface area contributed by atoms with Crippen LogP contribution in [0.2, 0.25) is 0 Å². The van der Waals surface area contributed by atoms with Crippen LogP contribution in [0.4, 0.5) is 4.79 Å². The van der Waals surface area contributed by atoms with E-state index in [1.54, 1.807) is 24.3 Å². The van der Waals surface area contributed by atoms with Crippen LogP contribution in [0.3, 0.4) is 0 Å². The number of aromatic hydroxyl groups is 1. The zero-order chi connectivity index (χ0) is 17.6. The first kappa shape index (κ1) is 17.3. The average Bonchev–Trinajstić information content (AvgIpc) is 3.06. The normalized spacial score (nSPS) is 15.6. The molecule has 0 aromatic heterocycles. The third kappa shape index (κ3) is 4.12. The van der Waals surface area contributed by atoms with E-state index in [1.807, 2.05) is 17.0 Å². The van der Waals surface area contributed by atoms with Gasteiger partial charge < -0.3 is 20.4 Å². The molecule has 1 unspecified atom stereocenters. The van der Waals surface area contributed by atoms with E-state index in [2.05, 4.69) is 17.4 Å². The molecule has 0 aliphatic heterocycles. The molecular weight excluding hydrogens is 316 g/mol. The van der Waals surface area contributed by atoms with Crippen LogP contribution in [0.15, 0.2) is 48.5 Å². The number of phenolic OH excluding ortho intramolecular Hbond substituents is 1. The van der Waals surface area contributed by atoms with Gasteiger partial charge in [0.2, 0.25) is 0 Å². The molecule has 1 atom stereocenters. The van der Waals surface area contributed by atoms with Crippen LogP contribution in [-0.2, 0) is 13.0 Å². The smallest absolute Gasteiger partial charge is 0.318 e. The maximum atomic E-state index is 12.8. The van der Waals surface area contributed by atoms with Crippen molar-refractivity contribution >= 4 is 6.03 Å². The lowest BCUT2D eigenvalue weighted by Crippen LogP contribution is -2.42. The maximum absolute atomic E-state index is 12.8. The van der Waals surface area contributed by atoms with E-state index in [4.69, 9.17) is 0 Å². The second-order valence-electron chi connectivity index (χ2n) is 6.35. The fourth-order valence-electron chi connectivity index (χ4n) is 3.39. The Hall–Kier alpha value is -2.53. The maximum Gasteiger partial charge on any atom is 0.318 e. The van der Waals surface area contributed by atoms with E-state index in [9.17, 15) is 15.0 Å². The van der Waals surface area contributed by atoms with Crippen molar-refractivity contribution in [1.82, 2.24) is 10.2 Å². The molecule has 3 N–H and O–H groups in total. The molecule has 5 nitrogen and oxygen atoms in total. The van der Waals surface area contributed by atoms with Gasteiger partial charge in [-0.25, -0.2) is 4.79 Å². The number of nitrogens with zero attached hydrogens (tertiary/aromatic N) is 1. The van der Waals surface area contributed by atoms with Crippen LogP contribution in [-0.4, -0.2) is 34.3 Å². The molecule has 25 heavy (non-hydrogen) atoms. The molecule has 0 saturated carbocycles. The number of aryl methyl sites for hydroxylation is 1. The van der Waals surface area contributed by atoms with E-state index in [0.29, 0.717) is 19.5 Å². The number of fused-ring (bicyclic) bond motifs is 1. The first-order valence-electron chi connectivity index (χ1n) is 8.70. The molecule has 1 aliphatic carbocycles. The van der Waals surface area contributed by atoms with Gasteiger partial charge in [0.25, 0.3) is 0 Å². The van der Waals surface area contributed by atoms with Crippen molar-refractivity contribution in [3.63, 3.8) is 0 Å². The number of carbonyl (C=O) groups is 1. The minimum Gasteiger partial charge on any atom is -0.508 e. The Morgan fingerprint density at radius 3 is 2.68 bits per heavy atom. The molecule has 3 rings (SSSR count). The van der Waals surface area contributed by atoms with Crippen LogP contribution in [0.1, 0.15) is 35.6 Å². The Kier molecular flexibility index (Phi) is 5.56. The number of carbonyl (C=O) groups excluding carboxylic acids is 1. The van der Waals surface area contributed by atoms with E-state index >= 15 is 0 Å². The number of phenols is 1. The third-order valence-corrected chi connectivity index (χ3v) is 4.68. The van der Waals surface area contributed by atoms with Crippen LogP contribution >= 0.6 is 0 Å². The number of aliphatic hydroxyl groups is 1. The Bertz CT molecular complexity index is 715. The SMILES string of the molecule is O=C(NCc1ccc(O)cc1)N(CCCO)C1CCc2ccccc21. The quantitative estimate of drug-likeness (QED) is 0.757. The van der Waals surface area contributed by atoms with Gasteiger partial charge >= 0.3 is 6.03 Å². The molecule has 2 amide bonds. The van der Waals surface area contributed by atoms with Gasteiger partial charge in [-0.05, 0) is 48.1 Å². The number of aliphatic hydroxyl groups excluding tert-OH is 1. The summed E-state index contributed by atoms with van der Waals surface area (Å²) in [5, 5.41) is 21.5. The van der Waals surface area contributed by atoms with Crippen molar-refractivity contribution in [3.8, 4) is 5.75 Å². The third-order valence-electron chi connectivity index (χ3n) is 4.68. The standard InChI is InChI=1S/C20H24N2O3/c23-13-3-12-22(19-11-8-16-4-1-2-5-18(16)19)20(25)21-14-15-6-9-17(24)10-7-15/h1-2,4-7,9-10,19,23-24H,3,8,11-14H2,(H,21,25). The highest BCUT2D eigenvalue weighted by Crippen LogP contribution is 2.35. The summed E-state index contributed by atoms with van der Waals surface area (Å²) in [7, 11) is 0. The number of hydrogen-bond acceptors (Lipinski definition) is 3. The molecule has 2 aromatic carbocycles. The molecule has 5 heteroatoms. The van der Waals surface area contributed by atoms with E-state index in [-0.39, 0.29) is 24.4 Å². The van der Waals surface area contributed by atoms with Gasteiger partial charge in [-0.3, -0.25) is 0 Å². The molecule has 0 radical (unpaired) electrons. The fraction of sp³-hybridized carbons (Fsp3) is 0.350. The largest absolute Gasteiger partial charge is 0.508 e. The Labute approximate surface area is 147 Å². The van der Waals surface area contributed by atoms with Crippen molar-refractivity contribution in [2.75, 3.05) is 13.2 Å². The lowest BCUT2D eigenvalue weighted by Gasteiger charge is -2.30. The van der Waals surface area contributed by atoms with Gasteiger partial charge in [-0.2, -0.15) is 0 Å². The molecule has 0 heterocycles. The highest BCUT2D eigenvalue weighted by atomic mass is 16.3. The fourth-order valence-corrected chi connectivity index (χ4v) is 3.39. The minimum atomic E-state index is -0.122. The average molecular weight is 340 g/mol. The molecule has 132 valence electrons. The zero-order valence-electron chi connectivity index (χ0n) is 14.2. The van der Waals surface area contributed by atoms with E-state index in [0.717, 1.165) is 18.4 Å². The first-order valence-corrected chi connectivity index (χ1v) is 8.70. The summed E-state index contributed by atoms with van der Waals surface area (Å²) in [6.07, 6.45) is 2.45. The van der Waals surface area contributed by atoms with Crippen molar-refractivity contribution in [1.29, 1.82) is 0 Å². The zero-order valence-corrected chi connectivity index (χ0v) is 14.2. The summed E-state index contributed by atoms with van der Waals surface area (Å²) in [6, 6.07) is 15.0. The number of benzene rings is 2. The Morgan fingerprint density at radius 2 is 1.92 bits per heavy atom. The lowest BCUT2D eigenvalue weighted by atomic mass is 10.1. The molecule has 0 saturated heterocycles. The number of rotatable bonds is 6. The Balaban J connectivity index is 1.69. The van der Waals surface area contributed by atoms with Crippen LogP contribution in [0.25, 0.3) is 0 Å². The second-order valence-corrected chi connectivity index (χ2v) is 6.35. The summed E-state index contributed by atoms with van der Waals surface area (Å²) in [5.74, 6) is 0.210. The van der Waals surface area contributed by atoms with Crippen molar-refractivity contribution in [3.05, 3.63) is 65.2 Å². The van der Waals surface area contributed by atoms with E-state index < -0.39 is 0 Å². The predicted octanol–water partition coefficient (Wildman–Crippen LogP) is 2.97. The lowest BCUT2D eigenvalue weighted by molar-refractivity contribution is 0.164. The van der Waals surface area contributed by atoms with Gasteiger partial charge in [0.05, 0.1) is 6.04 Å². The van der Waals surface area contributed by atoms with Gasteiger partial charge in [0.15, 0.2) is 0 Å². The van der Waals surface area contributed by atoms with Gasteiger partial charge in [0, 0.05) is 19.7 Å². The van der Waals surface area contributed by atoms with Crippen LogP contribution < -0.4 is 5.32 Å². The summed E-state index contributed by atoms with van der Waals surface area (Å²) >= 11 is 0. The van der Waals surface area contributed by atoms with Gasteiger partial charge in [-0.1, -0.05) is 36.4 Å². The number of urea groups is 1. The summed E-state index contributed by atoms with van der Waals surface area (Å²) in [6.45, 7) is 0.996. The van der Waals surface area contributed by atoms with Crippen molar-refractivity contribution in [2.24, 2.45) is 0 Å². The molecule has 0 bridgehead atoms. The van der Waals surface area contributed by atoms with Gasteiger partial charge in [0.1, 0.15) is 5.75 Å². The minimum absolute atomic E-state index is 0.0579. The summed E-state index contributed by atoms with van der Waals surface area (Å²) in [4.78, 5) is 14.6. The highest BCUT2D eigenvalue weighted by molar-refractivity contribution is 5.75. The van der Waals surface area contributed by atoms with Gasteiger partial charge in [-0.15, -0.1) is 0 Å². The molecule has 0 fully saturated rings. The molecule has 1 aliphatic rings. The number of hydrogen-bond donors (Lipinski definition) is 3. The van der Waals surface area contributed by atoms with Crippen LogP contribution in [0, 0.1) is 0 Å². The predicted molar refractivity (Wildman–Crippen MR) is 96.3 cm³/mol. The second kappa shape index (κ2) is 8.03.